The smallest absolute Gasteiger partial charge is 0.278 e. The summed E-state index contributed by atoms with van der Waals surface area (Å²) >= 11 is 0. The van der Waals surface area contributed by atoms with Crippen LogP contribution in [0, 0.1) is 13.8 Å². The van der Waals surface area contributed by atoms with E-state index in [9.17, 15) is 4.79 Å². The summed E-state index contributed by atoms with van der Waals surface area (Å²) in [5, 5.41) is 14.1. The second-order valence-corrected chi connectivity index (χ2v) is 3.83. The normalized spacial score (nSPS) is 10.4. The van der Waals surface area contributed by atoms with Gasteiger partial charge in [0.2, 0.25) is 5.95 Å². The molecule has 0 aliphatic rings. The van der Waals surface area contributed by atoms with Crippen molar-refractivity contribution in [3.63, 3.8) is 0 Å². The molecule has 0 unspecified atom stereocenters. The predicted molar refractivity (Wildman–Crippen MR) is 64.9 cm³/mol. The van der Waals surface area contributed by atoms with Crippen molar-refractivity contribution in [2.45, 2.75) is 13.8 Å². The van der Waals surface area contributed by atoms with Crippen LogP contribution in [0.3, 0.4) is 0 Å². The molecule has 94 valence electrons. The van der Waals surface area contributed by atoms with Gasteiger partial charge >= 0.3 is 0 Å². The van der Waals surface area contributed by atoms with Crippen LogP contribution in [-0.2, 0) is 7.05 Å². The van der Waals surface area contributed by atoms with E-state index in [0.29, 0.717) is 17.1 Å². The van der Waals surface area contributed by atoms with Gasteiger partial charge in [-0.3, -0.25) is 14.8 Å². The SMILES string of the molecule is Cc1nnc(NC(=O)c2c(N)cnn2C)nc1C. The number of anilines is 2. The number of aryl methyl sites for hydroxylation is 3. The molecular weight excluding hydrogens is 234 g/mol. The average Bonchev–Trinajstić information content (AvgIpc) is 2.64. The highest BCUT2D eigenvalue weighted by Gasteiger charge is 2.16. The number of nitrogens with zero attached hydrogens (tertiary/aromatic N) is 5. The van der Waals surface area contributed by atoms with E-state index >= 15 is 0 Å². The van der Waals surface area contributed by atoms with E-state index in [1.807, 2.05) is 0 Å². The first-order chi connectivity index (χ1) is 8.49. The molecule has 0 saturated carbocycles. The molecule has 18 heavy (non-hydrogen) atoms. The lowest BCUT2D eigenvalue weighted by atomic mass is 10.3. The average molecular weight is 247 g/mol. The molecule has 0 bridgehead atoms. The summed E-state index contributed by atoms with van der Waals surface area (Å²) in [4.78, 5) is 16.1. The summed E-state index contributed by atoms with van der Waals surface area (Å²) in [6.45, 7) is 3.58. The quantitative estimate of drug-likeness (QED) is 0.775. The van der Waals surface area contributed by atoms with Crippen LogP contribution in [0.25, 0.3) is 0 Å². The van der Waals surface area contributed by atoms with Gasteiger partial charge in [-0.15, -0.1) is 5.10 Å². The summed E-state index contributed by atoms with van der Waals surface area (Å²) in [5.74, 6) is -0.277. The highest BCUT2D eigenvalue weighted by atomic mass is 16.2. The zero-order chi connectivity index (χ0) is 13.3. The lowest BCUT2D eigenvalue weighted by Gasteiger charge is -2.05. The fourth-order valence-corrected chi connectivity index (χ4v) is 1.40. The summed E-state index contributed by atoms with van der Waals surface area (Å²) in [6.07, 6.45) is 1.41. The van der Waals surface area contributed by atoms with Crippen molar-refractivity contribution in [2.24, 2.45) is 7.05 Å². The van der Waals surface area contributed by atoms with Crippen molar-refractivity contribution < 1.29 is 4.79 Å². The number of hydrogen-bond acceptors (Lipinski definition) is 6. The van der Waals surface area contributed by atoms with Gasteiger partial charge in [0.15, 0.2) is 0 Å². The highest BCUT2D eigenvalue weighted by molar-refractivity contribution is 6.05. The molecule has 2 rings (SSSR count). The fraction of sp³-hybridized carbons (Fsp3) is 0.300. The third-order valence-corrected chi connectivity index (χ3v) is 2.50. The van der Waals surface area contributed by atoms with E-state index in [1.165, 1.54) is 10.9 Å². The Hall–Kier alpha value is -2.51. The van der Waals surface area contributed by atoms with E-state index in [-0.39, 0.29) is 11.6 Å². The van der Waals surface area contributed by atoms with Gasteiger partial charge < -0.3 is 5.73 Å². The number of rotatable bonds is 2. The lowest BCUT2D eigenvalue weighted by molar-refractivity contribution is 0.101. The minimum Gasteiger partial charge on any atom is -0.396 e. The van der Waals surface area contributed by atoms with Crippen LogP contribution < -0.4 is 11.1 Å². The number of hydrogen-bond donors (Lipinski definition) is 2. The molecule has 0 aliphatic carbocycles. The predicted octanol–water partition coefficient (Wildman–Crippen LogP) is 0.0564. The molecule has 0 radical (unpaired) electrons. The number of nitrogens with two attached hydrogens (primary N) is 1. The summed E-state index contributed by atoms with van der Waals surface area (Å²) < 4.78 is 1.39. The van der Waals surface area contributed by atoms with Crippen molar-refractivity contribution in [1.82, 2.24) is 25.0 Å². The number of amides is 1. The Morgan fingerprint density at radius 2 is 2.06 bits per heavy atom. The van der Waals surface area contributed by atoms with Gasteiger partial charge in [-0.1, -0.05) is 0 Å². The fourth-order valence-electron chi connectivity index (χ4n) is 1.40. The Labute approximate surface area is 103 Å². The lowest BCUT2D eigenvalue weighted by Crippen LogP contribution is -2.19. The van der Waals surface area contributed by atoms with Crippen LogP contribution >= 0.6 is 0 Å². The number of carbonyl (C=O) groups excluding carboxylic acids is 1. The Morgan fingerprint density at radius 1 is 1.33 bits per heavy atom. The first-order valence-electron chi connectivity index (χ1n) is 5.25. The van der Waals surface area contributed by atoms with Crippen molar-refractivity contribution in [3.8, 4) is 0 Å². The Kier molecular flexibility index (Phi) is 2.92. The Morgan fingerprint density at radius 3 is 2.61 bits per heavy atom. The molecule has 2 aromatic heterocycles. The van der Waals surface area contributed by atoms with E-state index < -0.39 is 5.91 Å². The van der Waals surface area contributed by atoms with Crippen molar-refractivity contribution in [1.29, 1.82) is 0 Å². The first-order valence-corrected chi connectivity index (χ1v) is 5.25. The third-order valence-electron chi connectivity index (χ3n) is 2.50. The van der Waals surface area contributed by atoms with Gasteiger partial charge in [-0.2, -0.15) is 10.2 Å². The molecule has 0 saturated heterocycles. The van der Waals surface area contributed by atoms with Crippen LogP contribution in [-0.4, -0.2) is 30.9 Å². The van der Waals surface area contributed by atoms with E-state index in [1.54, 1.807) is 20.9 Å². The zero-order valence-corrected chi connectivity index (χ0v) is 10.3. The van der Waals surface area contributed by atoms with E-state index in [0.717, 1.165) is 0 Å². The topological polar surface area (TPSA) is 112 Å². The molecule has 2 heterocycles. The summed E-state index contributed by atoms with van der Waals surface area (Å²) in [5.41, 5.74) is 7.63. The Bertz CT molecular complexity index is 585. The number of nitrogen functional groups attached to an aromatic ring is 1. The molecule has 0 aromatic carbocycles. The van der Waals surface area contributed by atoms with E-state index in [4.69, 9.17) is 5.73 Å². The molecule has 8 nitrogen and oxygen atoms in total. The second kappa shape index (κ2) is 4.40. The molecule has 1 amide bonds. The molecule has 0 spiro atoms. The largest absolute Gasteiger partial charge is 0.396 e. The number of aromatic nitrogens is 5. The second-order valence-electron chi connectivity index (χ2n) is 3.83. The van der Waals surface area contributed by atoms with Crippen molar-refractivity contribution in [3.05, 3.63) is 23.3 Å². The molecular formula is C10H13N7O. The van der Waals surface area contributed by atoms with Gasteiger partial charge in [0.05, 0.1) is 23.3 Å². The monoisotopic (exact) mass is 247 g/mol. The number of nitrogens with one attached hydrogen (secondary N) is 1. The molecule has 0 fully saturated rings. The summed E-state index contributed by atoms with van der Waals surface area (Å²) in [6, 6.07) is 0. The van der Waals surface area contributed by atoms with Gasteiger partial charge in [-0.25, -0.2) is 4.98 Å². The summed E-state index contributed by atoms with van der Waals surface area (Å²) in [7, 11) is 1.63. The zero-order valence-electron chi connectivity index (χ0n) is 10.3. The molecule has 2 aromatic rings. The first kappa shape index (κ1) is 12.0. The van der Waals surface area contributed by atoms with Crippen LogP contribution in [0.15, 0.2) is 6.20 Å². The van der Waals surface area contributed by atoms with Crippen LogP contribution in [0.4, 0.5) is 11.6 Å². The molecule has 8 heteroatoms. The van der Waals surface area contributed by atoms with Crippen molar-refractivity contribution >= 4 is 17.5 Å². The van der Waals surface area contributed by atoms with Crippen LogP contribution in [0.1, 0.15) is 21.9 Å². The standard InChI is InChI=1S/C10H13N7O/c1-5-6(2)15-16-10(13-5)14-9(18)8-7(11)4-12-17(8)3/h4H,11H2,1-3H3,(H,13,14,16,18). The maximum atomic E-state index is 12.0. The van der Waals surface area contributed by atoms with Gasteiger partial charge in [-0.05, 0) is 13.8 Å². The third kappa shape index (κ3) is 2.12. The highest BCUT2D eigenvalue weighted by Crippen LogP contribution is 2.11. The van der Waals surface area contributed by atoms with Gasteiger partial charge in [0, 0.05) is 7.05 Å². The molecule has 0 atom stereocenters. The van der Waals surface area contributed by atoms with E-state index in [2.05, 4.69) is 25.6 Å². The van der Waals surface area contributed by atoms with Crippen LogP contribution in [0.5, 0.6) is 0 Å². The van der Waals surface area contributed by atoms with Gasteiger partial charge in [0.1, 0.15) is 5.69 Å². The van der Waals surface area contributed by atoms with Crippen molar-refractivity contribution in [2.75, 3.05) is 11.1 Å². The maximum absolute atomic E-state index is 12.0. The Balaban J connectivity index is 2.24. The maximum Gasteiger partial charge on any atom is 0.278 e. The van der Waals surface area contributed by atoms with Gasteiger partial charge in [0.25, 0.3) is 5.91 Å². The molecule has 3 N–H and O–H groups in total. The minimum absolute atomic E-state index is 0.142. The minimum atomic E-state index is -0.419. The number of carbonyl (C=O) groups is 1. The van der Waals surface area contributed by atoms with Crippen LogP contribution in [0.2, 0.25) is 0 Å². The molecule has 0 aliphatic heterocycles.